The van der Waals surface area contributed by atoms with Gasteiger partial charge in [0.05, 0.1) is 17.4 Å². The van der Waals surface area contributed by atoms with Crippen LogP contribution in [0.3, 0.4) is 0 Å². The second-order valence-electron chi connectivity index (χ2n) is 6.36. The van der Waals surface area contributed by atoms with Gasteiger partial charge in [-0.25, -0.2) is 23.2 Å². The van der Waals surface area contributed by atoms with Crippen LogP contribution in [0.25, 0.3) is 11.1 Å². The quantitative estimate of drug-likeness (QED) is 0.450. The average molecular weight is 412 g/mol. The Morgan fingerprint density at radius 3 is 2.55 bits per heavy atom. The van der Waals surface area contributed by atoms with Crippen LogP contribution in [0.1, 0.15) is 5.56 Å². The molecular weight excluding hydrogens is 396 g/mol. The molecule has 0 saturated heterocycles. The lowest BCUT2D eigenvalue weighted by molar-refractivity contribution is 0.555. The number of pyridine rings is 1. The molecule has 1 aromatic carbocycles. The van der Waals surface area contributed by atoms with Crippen LogP contribution < -0.4 is 16.4 Å². The summed E-state index contributed by atoms with van der Waals surface area (Å²) in [5, 5.41) is 6.15. The minimum Gasteiger partial charge on any atom is -0.408 e. The second kappa shape index (κ2) is 7.02. The van der Waals surface area contributed by atoms with E-state index in [-0.39, 0.29) is 5.03 Å². The summed E-state index contributed by atoms with van der Waals surface area (Å²) < 4.78 is 28.0. The number of aryl methyl sites for hydroxylation is 1. The molecule has 3 heterocycles. The minimum absolute atomic E-state index is 0.0112. The predicted molar refractivity (Wildman–Crippen MR) is 108 cm³/mol. The fraction of sp³-hybridized carbons (Fsp3) is 0.111. The van der Waals surface area contributed by atoms with E-state index in [0.717, 1.165) is 11.8 Å². The first-order valence-corrected chi connectivity index (χ1v) is 10.3. The van der Waals surface area contributed by atoms with Gasteiger partial charge in [-0.3, -0.25) is 4.98 Å². The summed E-state index contributed by atoms with van der Waals surface area (Å²) in [6.45, 7) is 1.85. The number of oxazole rings is 1. The number of aromatic nitrogens is 4. The molecule has 11 heteroatoms. The van der Waals surface area contributed by atoms with Crippen molar-refractivity contribution >= 4 is 44.1 Å². The van der Waals surface area contributed by atoms with E-state index in [1.165, 1.54) is 12.3 Å². The summed E-state index contributed by atoms with van der Waals surface area (Å²) >= 11 is 0. The first-order valence-electron chi connectivity index (χ1n) is 8.44. The van der Waals surface area contributed by atoms with Gasteiger partial charge in [0.2, 0.25) is 5.95 Å². The number of hydrogen-bond acceptors (Lipinski definition) is 9. The smallest absolute Gasteiger partial charge is 0.408 e. The normalized spacial score (nSPS) is 11.5. The number of aromatic amines is 1. The molecule has 0 atom stereocenters. The lowest BCUT2D eigenvalue weighted by atomic mass is 10.2. The fourth-order valence-electron chi connectivity index (χ4n) is 2.60. The van der Waals surface area contributed by atoms with E-state index in [2.05, 4.69) is 30.6 Å². The molecule has 3 aromatic heterocycles. The highest BCUT2D eigenvalue weighted by molar-refractivity contribution is 7.90. The number of nitrogens with one attached hydrogen (secondary N) is 3. The first kappa shape index (κ1) is 18.6. The maximum atomic E-state index is 11.5. The van der Waals surface area contributed by atoms with Crippen molar-refractivity contribution in [1.29, 1.82) is 0 Å². The number of rotatable bonds is 5. The summed E-state index contributed by atoms with van der Waals surface area (Å²) in [4.78, 5) is 26.5. The van der Waals surface area contributed by atoms with Gasteiger partial charge in [0.1, 0.15) is 5.82 Å². The highest BCUT2D eigenvalue weighted by Crippen LogP contribution is 2.23. The molecule has 4 rings (SSSR count). The van der Waals surface area contributed by atoms with Gasteiger partial charge in [0, 0.05) is 23.7 Å². The molecule has 0 radical (unpaired) electrons. The molecule has 0 bridgehead atoms. The molecule has 0 amide bonds. The van der Waals surface area contributed by atoms with E-state index in [4.69, 9.17) is 4.42 Å². The second-order valence-corrected chi connectivity index (χ2v) is 8.32. The summed E-state index contributed by atoms with van der Waals surface area (Å²) in [6, 6.07) is 8.18. The topological polar surface area (TPSA) is 143 Å². The van der Waals surface area contributed by atoms with Crippen molar-refractivity contribution in [2.75, 3.05) is 16.9 Å². The minimum atomic E-state index is -3.36. The molecule has 0 unspecified atom stereocenters. The molecule has 0 saturated carbocycles. The maximum absolute atomic E-state index is 11.5. The standard InChI is InChI=1S/C18H16N6O4S/c1-10-8-20-17(22-12-4-6-15(19-9-12)29(2,26)27)24-16(10)21-11-3-5-14-13(7-11)23-18(25)28-14/h3-9H,1-2H3,(H,23,25)(H2,20,21,22,24). The Morgan fingerprint density at radius 2 is 1.83 bits per heavy atom. The van der Waals surface area contributed by atoms with Gasteiger partial charge >= 0.3 is 5.76 Å². The van der Waals surface area contributed by atoms with Gasteiger partial charge in [-0.05, 0) is 37.3 Å². The molecule has 148 valence electrons. The summed E-state index contributed by atoms with van der Waals surface area (Å²) in [6.07, 6.45) is 4.14. The molecular formula is C18H16N6O4S. The average Bonchev–Trinajstić information content (AvgIpc) is 3.03. The van der Waals surface area contributed by atoms with Crippen molar-refractivity contribution in [3.63, 3.8) is 0 Å². The number of sulfone groups is 1. The first-order chi connectivity index (χ1) is 13.8. The number of fused-ring (bicyclic) bond motifs is 1. The monoisotopic (exact) mass is 412 g/mol. The Balaban J connectivity index is 1.57. The van der Waals surface area contributed by atoms with Crippen LogP contribution in [-0.2, 0) is 9.84 Å². The zero-order chi connectivity index (χ0) is 20.6. The third-order valence-corrected chi connectivity index (χ3v) is 5.03. The van der Waals surface area contributed by atoms with E-state index in [9.17, 15) is 13.2 Å². The SMILES string of the molecule is Cc1cnc(Nc2ccc(S(C)(=O)=O)nc2)nc1Nc1ccc2oc(=O)[nH]c2c1. The molecule has 0 spiro atoms. The molecule has 4 aromatic rings. The molecule has 3 N–H and O–H groups in total. The number of anilines is 4. The van der Waals surface area contributed by atoms with Crippen molar-refractivity contribution in [3.8, 4) is 0 Å². The zero-order valence-corrected chi connectivity index (χ0v) is 16.2. The molecule has 10 nitrogen and oxygen atoms in total. The lowest BCUT2D eigenvalue weighted by Gasteiger charge is -2.11. The van der Waals surface area contributed by atoms with Crippen LogP contribution >= 0.6 is 0 Å². The third kappa shape index (κ3) is 4.09. The predicted octanol–water partition coefficient (Wildman–Crippen LogP) is 2.51. The van der Waals surface area contributed by atoms with Gasteiger partial charge in [-0.1, -0.05) is 0 Å². The fourth-order valence-corrected chi connectivity index (χ4v) is 3.16. The van der Waals surface area contributed by atoms with E-state index < -0.39 is 15.6 Å². The van der Waals surface area contributed by atoms with E-state index >= 15 is 0 Å². The third-order valence-electron chi connectivity index (χ3n) is 4.03. The highest BCUT2D eigenvalue weighted by Gasteiger charge is 2.10. The van der Waals surface area contributed by atoms with Crippen molar-refractivity contribution in [1.82, 2.24) is 19.9 Å². The van der Waals surface area contributed by atoms with Crippen molar-refractivity contribution in [3.05, 3.63) is 58.8 Å². The van der Waals surface area contributed by atoms with Gasteiger partial charge in [0.25, 0.3) is 0 Å². The van der Waals surface area contributed by atoms with Crippen LogP contribution in [0.15, 0.2) is 57.0 Å². The van der Waals surface area contributed by atoms with Gasteiger partial charge < -0.3 is 15.1 Å². The Kier molecular flexibility index (Phi) is 4.51. The van der Waals surface area contributed by atoms with E-state index in [1.807, 2.05) is 6.92 Å². The van der Waals surface area contributed by atoms with Crippen LogP contribution in [0.2, 0.25) is 0 Å². The zero-order valence-electron chi connectivity index (χ0n) is 15.4. The molecule has 29 heavy (non-hydrogen) atoms. The molecule has 0 aliphatic heterocycles. The number of benzene rings is 1. The van der Waals surface area contributed by atoms with Crippen LogP contribution in [0.5, 0.6) is 0 Å². The lowest BCUT2D eigenvalue weighted by Crippen LogP contribution is -2.04. The van der Waals surface area contributed by atoms with Gasteiger partial charge in [-0.2, -0.15) is 4.98 Å². The van der Waals surface area contributed by atoms with Gasteiger partial charge in [-0.15, -0.1) is 0 Å². The van der Waals surface area contributed by atoms with E-state index in [1.54, 1.807) is 30.5 Å². The Hall–Kier alpha value is -3.73. The van der Waals surface area contributed by atoms with E-state index in [0.29, 0.717) is 34.2 Å². The van der Waals surface area contributed by atoms with Crippen LogP contribution in [0, 0.1) is 6.92 Å². The van der Waals surface area contributed by atoms with Crippen molar-refractivity contribution in [2.45, 2.75) is 11.9 Å². The molecule has 0 fully saturated rings. The summed E-state index contributed by atoms with van der Waals surface area (Å²) in [5.41, 5.74) is 3.10. The van der Waals surface area contributed by atoms with Crippen molar-refractivity contribution < 1.29 is 12.8 Å². The Morgan fingerprint density at radius 1 is 1.03 bits per heavy atom. The molecule has 0 aliphatic rings. The molecule has 0 aliphatic carbocycles. The van der Waals surface area contributed by atoms with Gasteiger partial charge in [0.15, 0.2) is 20.4 Å². The summed E-state index contributed by atoms with van der Waals surface area (Å²) in [7, 11) is -3.36. The Bertz CT molecular complexity index is 1360. The van der Waals surface area contributed by atoms with Crippen molar-refractivity contribution in [2.24, 2.45) is 0 Å². The largest absolute Gasteiger partial charge is 0.417 e. The van der Waals surface area contributed by atoms with Crippen LogP contribution in [-0.4, -0.2) is 34.6 Å². The number of H-pyrrole nitrogens is 1. The number of hydrogen-bond donors (Lipinski definition) is 3. The highest BCUT2D eigenvalue weighted by atomic mass is 32.2. The Labute approximate surface area is 165 Å². The summed E-state index contributed by atoms with van der Waals surface area (Å²) in [5.74, 6) is 0.357. The maximum Gasteiger partial charge on any atom is 0.417 e. The van der Waals surface area contributed by atoms with Crippen LogP contribution in [0.4, 0.5) is 23.1 Å². The number of nitrogens with zero attached hydrogens (tertiary/aromatic N) is 3.